The largest absolute Gasteiger partial charge is 0.504 e. The summed E-state index contributed by atoms with van der Waals surface area (Å²) in [4.78, 5) is 65.3. The number of methoxy groups -OCH3 is 1. The minimum absolute atomic E-state index is 0.0150. The zero-order valence-corrected chi connectivity index (χ0v) is 19.0. The van der Waals surface area contributed by atoms with Crippen molar-refractivity contribution >= 4 is 29.3 Å². The van der Waals surface area contributed by atoms with Crippen LogP contribution in [0.3, 0.4) is 0 Å². The number of aliphatic hydroxyl groups excluding tert-OH is 1. The fraction of sp³-hybridized carbons (Fsp3) is 0.625. The molecule has 0 aromatic carbocycles. The van der Waals surface area contributed by atoms with Crippen molar-refractivity contribution in [1.29, 1.82) is 0 Å². The standard InChI is InChI=1S/C24H28O8/c1-11-9-14-21(2)8-7-12(25)10-13(21)15(26)17(27)23(14,4)16-18(28)32-24(5,20(30)31-6)19(29)22(11,16)3/h14,16,26H,1,7-10H2,2-6H3. The molecule has 6 atom stereocenters. The highest BCUT2D eigenvalue weighted by molar-refractivity contribution is 6.16. The molecule has 3 fully saturated rings. The average Bonchev–Trinajstić information content (AvgIpc) is 2.73. The van der Waals surface area contributed by atoms with Crippen LogP contribution >= 0.6 is 0 Å². The van der Waals surface area contributed by atoms with Crippen molar-refractivity contribution in [2.45, 2.75) is 59.0 Å². The predicted octanol–water partition coefficient (Wildman–Crippen LogP) is 2.40. The number of esters is 2. The van der Waals surface area contributed by atoms with Crippen molar-refractivity contribution in [2.75, 3.05) is 7.11 Å². The van der Waals surface area contributed by atoms with Gasteiger partial charge in [0.05, 0.1) is 23.9 Å². The number of ketones is 3. The summed E-state index contributed by atoms with van der Waals surface area (Å²) in [7, 11) is 1.09. The van der Waals surface area contributed by atoms with Crippen LogP contribution in [0.25, 0.3) is 0 Å². The lowest BCUT2D eigenvalue weighted by Crippen LogP contribution is -2.71. The van der Waals surface area contributed by atoms with E-state index >= 15 is 0 Å². The molecular weight excluding hydrogens is 416 g/mol. The van der Waals surface area contributed by atoms with Gasteiger partial charge in [-0.1, -0.05) is 26.0 Å². The number of carbonyl (C=O) groups is 5. The highest BCUT2D eigenvalue weighted by Crippen LogP contribution is 2.69. The van der Waals surface area contributed by atoms with E-state index < -0.39 is 62.9 Å². The van der Waals surface area contributed by atoms with E-state index in [1.807, 2.05) is 6.92 Å². The van der Waals surface area contributed by atoms with Gasteiger partial charge in [0.1, 0.15) is 5.78 Å². The smallest absolute Gasteiger partial charge is 0.358 e. The molecule has 1 aliphatic heterocycles. The van der Waals surface area contributed by atoms with Crippen LogP contribution in [0.1, 0.15) is 53.4 Å². The molecule has 32 heavy (non-hydrogen) atoms. The van der Waals surface area contributed by atoms with Crippen LogP contribution in [0.5, 0.6) is 0 Å². The van der Waals surface area contributed by atoms with Gasteiger partial charge in [-0.05, 0) is 43.6 Å². The van der Waals surface area contributed by atoms with Gasteiger partial charge in [-0.2, -0.15) is 0 Å². The number of carbonyl (C=O) groups excluding carboxylic acids is 5. The number of aliphatic hydroxyl groups is 1. The second-order valence-corrected chi connectivity index (χ2v) is 10.3. The lowest BCUT2D eigenvalue weighted by molar-refractivity contribution is -0.213. The number of cyclic esters (lactones) is 1. The molecule has 6 unspecified atom stereocenters. The van der Waals surface area contributed by atoms with Crippen molar-refractivity contribution in [1.82, 2.24) is 0 Å². The van der Waals surface area contributed by atoms with Gasteiger partial charge in [0, 0.05) is 12.8 Å². The van der Waals surface area contributed by atoms with E-state index in [-0.39, 0.29) is 18.6 Å². The number of rotatable bonds is 1. The summed E-state index contributed by atoms with van der Waals surface area (Å²) in [5.41, 5.74) is -5.12. The lowest BCUT2D eigenvalue weighted by atomic mass is 9.39. The fourth-order valence-corrected chi connectivity index (χ4v) is 6.92. The van der Waals surface area contributed by atoms with Gasteiger partial charge in [0.2, 0.25) is 5.78 Å². The molecule has 0 amide bonds. The molecule has 0 radical (unpaired) electrons. The van der Waals surface area contributed by atoms with Crippen LogP contribution in [0.2, 0.25) is 0 Å². The van der Waals surface area contributed by atoms with Gasteiger partial charge < -0.3 is 14.6 Å². The molecule has 0 aromatic heterocycles. The first kappa shape index (κ1) is 22.4. The first-order chi connectivity index (χ1) is 14.7. The second-order valence-electron chi connectivity index (χ2n) is 10.3. The van der Waals surface area contributed by atoms with Crippen LogP contribution in [-0.2, 0) is 33.4 Å². The van der Waals surface area contributed by atoms with Crippen molar-refractivity contribution in [3.05, 3.63) is 23.5 Å². The monoisotopic (exact) mass is 444 g/mol. The van der Waals surface area contributed by atoms with Crippen LogP contribution in [0.15, 0.2) is 23.5 Å². The molecule has 4 aliphatic rings. The maximum absolute atomic E-state index is 13.7. The minimum atomic E-state index is -2.16. The van der Waals surface area contributed by atoms with Gasteiger partial charge in [0.25, 0.3) is 5.60 Å². The molecular formula is C24H28O8. The van der Waals surface area contributed by atoms with Gasteiger partial charge in [-0.25, -0.2) is 4.79 Å². The molecule has 2 saturated carbocycles. The first-order valence-corrected chi connectivity index (χ1v) is 10.7. The molecule has 3 aliphatic carbocycles. The van der Waals surface area contributed by atoms with E-state index in [0.717, 1.165) is 7.11 Å². The van der Waals surface area contributed by atoms with Crippen LogP contribution in [-0.4, -0.2) is 47.1 Å². The number of hydrogen-bond acceptors (Lipinski definition) is 8. The van der Waals surface area contributed by atoms with E-state index in [1.54, 1.807) is 6.92 Å². The molecule has 1 saturated heterocycles. The normalized spacial score (nSPS) is 43.8. The summed E-state index contributed by atoms with van der Waals surface area (Å²) >= 11 is 0. The predicted molar refractivity (Wildman–Crippen MR) is 110 cm³/mol. The van der Waals surface area contributed by atoms with Gasteiger partial charge in [-0.15, -0.1) is 0 Å². The Morgan fingerprint density at radius 2 is 1.78 bits per heavy atom. The number of fused-ring (bicyclic) bond motifs is 5. The highest BCUT2D eigenvalue weighted by Gasteiger charge is 2.75. The topological polar surface area (TPSA) is 124 Å². The summed E-state index contributed by atoms with van der Waals surface area (Å²) in [6.45, 7) is 10.3. The van der Waals surface area contributed by atoms with Gasteiger partial charge in [-0.3, -0.25) is 19.2 Å². The Labute approximate surface area is 186 Å². The number of hydrogen-bond donors (Lipinski definition) is 1. The molecule has 4 rings (SSSR count). The third kappa shape index (κ3) is 2.30. The molecule has 1 heterocycles. The Balaban J connectivity index is 1.95. The quantitative estimate of drug-likeness (QED) is 0.371. The Morgan fingerprint density at radius 1 is 1.16 bits per heavy atom. The maximum Gasteiger partial charge on any atom is 0.358 e. The summed E-state index contributed by atoms with van der Waals surface area (Å²) in [5.74, 6) is -5.58. The molecule has 0 bridgehead atoms. The third-order valence-electron chi connectivity index (χ3n) is 8.85. The van der Waals surface area contributed by atoms with E-state index in [9.17, 15) is 29.1 Å². The molecule has 1 N–H and O–H groups in total. The van der Waals surface area contributed by atoms with Crippen LogP contribution in [0.4, 0.5) is 0 Å². The number of Topliss-reactive ketones (excluding diaryl/α,β-unsaturated/α-hetero) is 3. The third-order valence-corrected chi connectivity index (χ3v) is 8.85. The van der Waals surface area contributed by atoms with E-state index in [4.69, 9.17) is 9.47 Å². The first-order valence-electron chi connectivity index (χ1n) is 10.7. The van der Waals surface area contributed by atoms with Gasteiger partial charge in [0.15, 0.2) is 11.5 Å². The SMILES string of the molecule is C=C1CC2C3(C)CCC(=O)CC3=C(O)C(=O)C2(C)C2C(=O)OC(C)(C(=O)OC)C(=O)C12C. The maximum atomic E-state index is 13.7. The molecule has 0 aromatic rings. The average molecular weight is 444 g/mol. The molecule has 0 spiro atoms. The summed E-state index contributed by atoms with van der Waals surface area (Å²) in [6.07, 6.45) is 0.927. The second kappa shape index (κ2) is 6.39. The van der Waals surface area contributed by atoms with E-state index in [1.165, 1.54) is 13.8 Å². The molecule has 8 nitrogen and oxygen atoms in total. The Bertz CT molecular complexity index is 1050. The zero-order valence-electron chi connectivity index (χ0n) is 19.0. The summed E-state index contributed by atoms with van der Waals surface area (Å²) in [6, 6.07) is 0. The minimum Gasteiger partial charge on any atom is -0.504 e. The molecule has 172 valence electrons. The Morgan fingerprint density at radius 3 is 2.38 bits per heavy atom. The van der Waals surface area contributed by atoms with Crippen LogP contribution < -0.4 is 0 Å². The van der Waals surface area contributed by atoms with Gasteiger partial charge >= 0.3 is 11.9 Å². The number of allylic oxidation sites excluding steroid dienone is 3. The zero-order chi connectivity index (χ0) is 24.0. The van der Waals surface area contributed by atoms with Crippen molar-refractivity contribution in [3.63, 3.8) is 0 Å². The van der Waals surface area contributed by atoms with E-state index in [0.29, 0.717) is 24.0 Å². The fourth-order valence-electron chi connectivity index (χ4n) is 6.92. The molecule has 8 heteroatoms. The summed E-state index contributed by atoms with van der Waals surface area (Å²) in [5, 5.41) is 10.9. The van der Waals surface area contributed by atoms with Crippen molar-refractivity contribution < 1.29 is 38.6 Å². The van der Waals surface area contributed by atoms with Crippen LogP contribution in [0, 0.1) is 28.1 Å². The van der Waals surface area contributed by atoms with Crippen molar-refractivity contribution in [3.8, 4) is 0 Å². The highest BCUT2D eigenvalue weighted by atomic mass is 16.6. The Hall–Kier alpha value is -2.77. The van der Waals surface area contributed by atoms with Crippen molar-refractivity contribution in [2.24, 2.45) is 28.1 Å². The van der Waals surface area contributed by atoms with E-state index in [2.05, 4.69) is 6.58 Å². The lowest BCUT2D eigenvalue weighted by Gasteiger charge is -2.63. The summed E-state index contributed by atoms with van der Waals surface area (Å²) < 4.78 is 10.1. The Kier molecular flexibility index (Phi) is 4.48. The number of ether oxygens (including phenoxy) is 2.